The number of esters is 1. The van der Waals surface area contributed by atoms with Crippen molar-refractivity contribution in [2.24, 2.45) is 0 Å². The van der Waals surface area contributed by atoms with Crippen LogP contribution in [0, 0.1) is 0 Å². The lowest BCUT2D eigenvalue weighted by Crippen LogP contribution is -2.33. The van der Waals surface area contributed by atoms with E-state index in [1.165, 1.54) is 14.2 Å². The van der Waals surface area contributed by atoms with Crippen LogP contribution in [0.3, 0.4) is 0 Å². The molecule has 1 saturated carbocycles. The molecule has 1 unspecified atom stereocenters. The largest absolute Gasteiger partial charge is 0.493 e. The number of hydrogen-bond acceptors (Lipinski definition) is 5. The lowest BCUT2D eigenvalue weighted by atomic mass is 10.1. The highest BCUT2D eigenvalue weighted by Gasteiger charge is 2.32. The summed E-state index contributed by atoms with van der Waals surface area (Å²) < 4.78 is 16.1. The number of benzene rings is 2. The Hall–Kier alpha value is -3.02. The lowest BCUT2D eigenvalue weighted by Gasteiger charge is -2.19. The Morgan fingerprint density at radius 2 is 1.73 bits per heavy atom. The molecule has 0 saturated heterocycles. The van der Waals surface area contributed by atoms with Crippen LogP contribution in [-0.4, -0.2) is 32.1 Å². The zero-order valence-corrected chi connectivity index (χ0v) is 14.7. The Bertz CT molecular complexity index is 786. The maximum Gasteiger partial charge on any atom is 0.343 e. The average molecular weight is 355 g/mol. The topological polar surface area (TPSA) is 73.9 Å². The molecular formula is C20H21NO5. The average Bonchev–Trinajstić information content (AvgIpc) is 3.49. The van der Waals surface area contributed by atoms with Crippen LogP contribution in [0.5, 0.6) is 11.5 Å². The molecular weight excluding hydrogens is 334 g/mol. The molecule has 26 heavy (non-hydrogen) atoms. The van der Waals surface area contributed by atoms with E-state index in [1.807, 2.05) is 6.07 Å². The van der Waals surface area contributed by atoms with Gasteiger partial charge in [-0.1, -0.05) is 36.4 Å². The van der Waals surface area contributed by atoms with E-state index >= 15 is 0 Å². The molecule has 0 aromatic heterocycles. The van der Waals surface area contributed by atoms with Gasteiger partial charge in [-0.2, -0.15) is 0 Å². The molecule has 0 spiro atoms. The number of amides is 1. The first-order valence-electron chi connectivity index (χ1n) is 8.41. The fourth-order valence-corrected chi connectivity index (χ4v) is 2.62. The molecule has 1 aliphatic rings. The predicted molar refractivity (Wildman–Crippen MR) is 95.3 cm³/mol. The molecule has 0 radical (unpaired) electrons. The highest BCUT2D eigenvalue weighted by Crippen LogP contribution is 2.32. The third-order valence-electron chi connectivity index (χ3n) is 4.11. The van der Waals surface area contributed by atoms with E-state index in [0.717, 1.165) is 12.8 Å². The van der Waals surface area contributed by atoms with Crippen molar-refractivity contribution in [2.45, 2.75) is 25.0 Å². The third-order valence-corrected chi connectivity index (χ3v) is 4.11. The first kappa shape index (κ1) is 17.8. The summed E-state index contributed by atoms with van der Waals surface area (Å²) >= 11 is 0. The summed E-state index contributed by atoms with van der Waals surface area (Å²) in [6.45, 7) is 0. The third kappa shape index (κ3) is 3.96. The molecule has 1 amide bonds. The van der Waals surface area contributed by atoms with E-state index < -0.39 is 12.1 Å². The van der Waals surface area contributed by atoms with Gasteiger partial charge < -0.3 is 19.5 Å². The number of carbonyl (C=O) groups is 2. The fourth-order valence-electron chi connectivity index (χ4n) is 2.62. The maximum absolute atomic E-state index is 12.7. The molecule has 1 atom stereocenters. The number of para-hydroxylation sites is 1. The summed E-state index contributed by atoms with van der Waals surface area (Å²) in [5, 5.41) is 2.89. The standard InChI is InChI=1S/C20H21NO5/c1-24-16-10-6-9-15(18(16)25-2)20(23)26-17(13-7-4-3-5-8-13)19(22)21-14-11-12-14/h3-10,14,17H,11-12H2,1-2H3,(H,21,22). The molecule has 2 aromatic rings. The molecule has 1 aliphatic carbocycles. The second-order valence-electron chi connectivity index (χ2n) is 6.02. The first-order chi connectivity index (χ1) is 12.6. The van der Waals surface area contributed by atoms with Crippen LogP contribution in [0.4, 0.5) is 0 Å². The smallest absolute Gasteiger partial charge is 0.343 e. The van der Waals surface area contributed by atoms with Gasteiger partial charge in [0, 0.05) is 11.6 Å². The van der Waals surface area contributed by atoms with Crippen LogP contribution in [0.1, 0.15) is 34.9 Å². The van der Waals surface area contributed by atoms with Gasteiger partial charge in [0.15, 0.2) is 11.5 Å². The van der Waals surface area contributed by atoms with Crippen molar-refractivity contribution in [2.75, 3.05) is 14.2 Å². The van der Waals surface area contributed by atoms with Crippen LogP contribution in [0.2, 0.25) is 0 Å². The number of methoxy groups -OCH3 is 2. The Morgan fingerprint density at radius 3 is 2.35 bits per heavy atom. The Morgan fingerprint density at radius 1 is 1.00 bits per heavy atom. The minimum Gasteiger partial charge on any atom is -0.493 e. The van der Waals surface area contributed by atoms with Gasteiger partial charge in [-0.3, -0.25) is 4.79 Å². The fraction of sp³-hybridized carbons (Fsp3) is 0.300. The molecule has 1 N–H and O–H groups in total. The van der Waals surface area contributed by atoms with Gasteiger partial charge >= 0.3 is 5.97 Å². The van der Waals surface area contributed by atoms with Crippen molar-refractivity contribution >= 4 is 11.9 Å². The molecule has 6 heteroatoms. The molecule has 1 fully saturated rings. The number of carbonyl (C=O) groups excluding carboxylic acids is 2. The summed E-state index contributed by atoms with van der Waals surface area (Å²) in [6, 6.07) is 14.0. The normalized spacial score (nSPS) is 14.2. The second-order valence-corrected chi connectivity index (χ2v) is 6.02. The van der Waals surface area contributed by atoms with E-state index in [0.29, 0.717) is 11.3 Å². The van der Waals surface area contributed by atoms with Gasteiger partial charge in [-0.15, -0.1) is 0 Å². The van der Waals surface area contributed by atoms with E-state index in [-0.39, 0.29) is 23.3 Å². The SMILES string of the molecule is COc1cccc(C(=O)OC(C(=O)NC2CC2)c2ccccc2)c1OC. The highest BCUT2D eigenvalue weighted by molar-refractivity contribution is 5.96. The van der Waals surface area contributed by atoms with Crippen LogP contribution in [0.25, 0.3) is 0 Å². The number of nitrogens with one attached hydrogen (secondary N) is 1. The molecule has 0 heterocycles. The molecule has 0 aliphatic heterocycles. The minimum absolute atomic E-state index is 0.166. The summed E-state index contributed by atoms with van der Waals surface area (Å²) in [6.07, 6.45) is 0.871. The highest BCUT2D eigenvalue weighted by atomic mass is 16.6. The van der Waals surface area contributed by atoms with Crippen molar-refractivity contribution in [3.05, 3.63) is 59.7 Å². The van der Waals surface area contributed by atoms with Crippen molar-refractivity contribution in [1.82, 2.24) is 5.32 Å². The van der Waals surface area contributed by atoms with E-state index in [1.54, 1.807) is 42.5 Å². The lowest BCUT2D eigenvalue weighted by molar-refractivity contribution is -0.130. The van der Waals surface area contributed by atoms with E-state index in [9.17, 15) is 9.59 Å². The second kappa shape index (κ2) is 7.91. The van der Waals surface area contributed by atoms with Gasteiger partial charge in [-0.25, -0.2) is 4.79 Å². The van der Waals surface area contributed by atoms with Crippen LogP contribution >= 0.6 is 0 Å². The van der Waals surface area contributed by atoms with E-state index in [4.69, 9.17) is 14.2 Å². The Kier molecular flexibility index (Phi) is 5.41. The van der Waals surface area contributed by atoms with E-state index in [2.05, 4.69) is 5.32 Å². The van der Waals surface area contributed by atoms with Gasteiger partial charge in [0.2, 0.25) is 6.10 Å². The van der Waals surface area contributed by atoms with Gasteiger partial charge in [0.1, 0.15) is 5.56 Å². The summed E-state index contributed by atoms with van der Waals surface area (Å²) in [5.74, 6) is -0.287. The van der Waals surface area contributed by atoms with Gasteiger partial charge in [-0.05, 0) is 25.0 Å². The Labute approximate surface area is 152 Å². The monoisotopic (exact) mass is 355 g/mol. The molecule has 6 nitrogen and oxygen atoms in total. The summed E-state index contributed by atoms with van der Waals surface area (Å²) in [4.78, 5) is 25.3. The number of hydrogen-bond donors (Lipinski definition) is 1. The van der Waals surface area contributed by atoms with Crippen molar-refractivity contribution in [3.63, 3.8) is 0 Å². The van der Waals surface area contributed by atoms with Crippen molar-refractivity contribution in [3.8, 4) is 11.5 Å². The van der Waals surface area contributed by atoms with Crippen LogP contribution < -0.4 is 14.8 Å². The number of ether oxygens (including phenoxy) is 3. The molecule has 0 bridgehead atoms. The number of rotatable bonds is 7. The maximum atomic E-state index is 12.7. The zero-order valence-electron chi connectivity index (χ0n) is 14.7. The Balaban J connectivity index is 1.86. The molecule has 3 rings (SSSR count). The van der Waals surface area contributed by atoms with Gasteiger partial charge in [0.25, 0.3) is 5.91 Å². The first-order valence-corrected chi connectivity index (χ1v) is 8.41. The zero-order chi connectivity index (χ0) is 18.5. The van der Waals surface area contributed by atoms with Crippen LogP contribution in [0.15, 0.2) is 48.5 Å². The summed E-state index contributed by atoms with van der Waals surface area (Å²) in [7, 11) is 2.94. The van der Waals surface area contributed by atoms with Crippen LogP contribution in [-0.2, 0) is 9.53 Å². The van der Waals surface area contributed by atoms with Crippen molar-refractivity contribution in [1.29, 1.82) is 0 Å². The van der Waals surface area contributed by atoms with Crippen molar-refractivity contribution < 1.29 is 23.8 Å². The predicted octanol–water partition coefficient (Wildman–Crippen LogP) is 2.88. The minimum atomic E-state index is -1.03. The summed E-state index contributed by atoms with van der Waals surface area (Å²) in [5.41, 5.74) is 0.813. The van der Waals surface area contributed by atoms with Gasteiger partial charge in [0.05, 0.1) is 14.2 Å². The molecule has 136 valence electrons. The quantitative estimate of drug-likeness (QED) is 0.773. The molecule has 2 aromatic carbocycles.